The highest BCUT2D eigenvalue weighted by molar-refractivity contribution is 5.99. The van der Waals surface area contributed by atoms with Gasteiger partial charge in [0.05, 0.1) is 0 Å². The smallest absolute Gasteiger partial charge is 0.174 e. The van der Waals surface area contributed by atoms with Gasteiger partial charge in [-0.05, 0) is 50.6 Å². The van der Waals surface area contributed by atoms with Crippen molar-refractivity contribution in [2.75, 3.05) is 0 Å². The lowest BCUT2D eigenvalue weighted by molar-refractivity contribution is 0.440. The maximum atomic E-state index is 5.46. The summed E-state index contributed by atoms with van der Waals surface area (Å²) in [6.07, 6.45) is 12.0. The molecule has 1 saturated carbocycles. The summed E-state index contributed by atoms with van der Waals surface area (Å²) in [5.74, 6) is 1.31. The van der Waals surface area contributed by atoms with Crippen molar-refractivity contribution in [1.29, 1.82) is 0 Å². The Balaban J connectivity index is 2.27. The second kappa shape index (κ2) is 7.08. The lowest BCUT2D eigenvalue weighted by Gasteiger charge is -2.21. The Bertz CT molecular complexity index is 516. The number of aromatic amines is 1. The molecule has 1 fully saturated rings. The normalized spacial score (nSPS) is 18.9. The molecule has 2 rings (SSSR count). The van der Waals surface area contributed by atoms with E-state index in [9.17, 15) is 0 Å². The van der Waals surface area contributed by atoms with Crippen LogP contribution in [0.1, 0.15) is 44.7 Å². The van der Waals surface area contributed by atoms with Gasteiger partial charge < -0.3 is 5.73 Å². The van der Waals surface area contributed by atoms with Gasteiger partial charge in [0.25, 0.3) is 0 Å². The van der Waals surface area contributed by atoms with Crippen LogP contribution in [-0.4, -0.2) is 15.9 Å². The highest BCUT2D eigenvalue weighted by Gasteiger charge is 2.18. The van der Waals surface area contributed by atoms with E-state index in [2.05, 4.69) is 23.2 Å². The van der Waals surface area contributed by atoms with Crippen LogP contribution in [0.15, 0.2) is 35.0 Å². The molecule has 108 valence electrons. The number of H-pyrrole nitrogens is 1. The fraction of sp³-hybridized carbons (Fsp3) is 0.500. The van der Waals surface area contributed by atoms with Crippen molar-refractivity contribution < 1.29 is 0 Å². The summed E-state index contributed by atoms with van der Waals surface area (Å²) in [5, 5.41) is 7.16. The molecule has 20 heavy (non-hydrogen) atoms. The number of rotatable bonds is 4. The first-order chi connectivity index (χ1) is 9.69. The summed E-state index contributed by atoms with van der Waals surface area (Å²) in [5.41, 5.74) is 8.76. The maximum absolute atomic E-state index is 5.46. The largest absolute Gasteiger partial charge is 0.405 e. The Labute approximate surface area is 120 Å². The van der Waals surface area contributed by atoms with Crippen LogP contribution in [-0.2, 0) is 0 Å². The van der Waals surface area contributed by atoms with E-state index in [0.29, 0.717) is 5.92 Å². The molecule has 1 heterocycles. The molecule has 0 aromatic carbocycles. The monoisotopic (exact) mass is 272 g/mol. The maximum Gasteiger partial charge on any atom is 0.174 e. The van der Waals surface area contributed by atoms with Crippen LogP contribution in [0.3, 0.4) is 0 Å². The van der Waals surface area contributed by atoms with Gasteiger partial charge in [0.1, 0.15) is 0 Å². The number of allylic oxidation sites excluding steroid dienone is 3. The van der Waals surface area contributed by atoms with Crippen molar-refractivity contribution >= 4 is 11.5 Å². The fourth-order valence-corrected chi connectivity index (χ4v) is 2.67. The number of aryl methyl sites for hydroxylation is 1. The van der Waals surface area contributed by atoms with E-state index < -0.39 is 0 Å². The lowest BCUT2D eigenvalue weighted by atomic mass is 9.85. The van der Waals surface area contributed by atoms with Gasteiger partial charge in [-0.25, -0.2) is 4.99 Å². The Morgan fingerprint density at radius 3 is 2.75 bits per heavy atom. The Morgan fingerprint density at radius 1 is 1.40 bits per heavy atom. The van der Waals surface area contributed by atoms with Crippen LogP contribution in [0.4, 0.5) is 5.82 Å². The Kier molecular flexibility index (Phi) is 5.16. The molecule has 0 bridgehead atoms. The van der Waals surface area contributed by atoms with Crippen molar-refractivity contribution in [2.45, 2.75) is 46.0 Å². The Morgan fingerprint density at radius 2 is 2.15 bits per heavy atom. The van der Waals surface area contributed by atoms with Crippen LogP contribution in [0.2, 0.25) is 0 Å². The molecule has 0 saturated heterocycles. The quantitative estimate of drug-likeness (QED) is 0.647. The van der Waals surface area contributed by atoms with Gasteiger partial charge in [0, 0.05) is 23.4 Å². The lowest BCUT2D eigenvalue weighted by Crippen LogP contribution is -2.16. The van der Waals surface area contributed by atoms with Gasteiger partial charge in [0.2, 0.25) is 0 Å². The first-order valence-electron chi connectivity index (χ1n) is 7.36. The van der Waals surface area contributed by atoms with E-state index in [1.54, 1.807) is 6.20 Å². The second-order valence-electron chi connectivity index (χ2n) is 5.53. The van der Waals surface area contributed by atoms with E-state index in [4.69, 9.17) is 10.7 Å². The molecule has 0 amide bonds. The summed E-state index contributed by atoms with van der Waals surface area (Å²) in [4.78, 5) is 4.75. The molecule has 0 aliphatic heterocycles. The topological polar surface area (TPSA) is 67.1 Å². The summed E-state index contributed by atoms with van der Waals surface area (Å²) < 4.78 is 0. The van der Waals surface area contributed by atoms with E-state index in [0.717, 1.165) is 22.8 Å². The van der Waals surface area contributed by atoms with Gasteiger partial charge in [-0.2, -0.15) is 5.10 Å². The van der Waals surface area contributed by atoms with Crippen molar-refractivity contribution in [3.8, 4) is 0 Å². The molecule has 1 aromatic rings. The number of nitrogens with two attached hydrogens (primary N) is 1. The number of nitrogens with zero attached hydrogens (tertiary/aromatic N) is 2. The van der Waals surface area contributed by atoms with E-state index >= 15 is 0 Å². The zero-order valence-electron chi connectivity index (χ0n) is 12.4. The average molecular weight is 272 g/mol. The van der Waals surface area contributed by atoms with Gasteiger partial charge >= 0.3 is 0 Å². The molecular formula is C16H24N4. The standard InChI is InChI=1S/C16H24N4/c1-12(8-9-17)10-15(14-6-4-3-5-7-14)18-16-11-13(2)19-20-16/h8-11,14H,3-7,17H2,1-2H3,(H,19,20)/b9-8+,12-10-,18-15?. The molecule has 0 radical (unpaired) electrons. The molecule has 0 unspecified atom stereocenters. The number of nitrogens with one attached hydrogen (secondary N) is 1. The van der Waals surface area contributed by atoms with E-state index in [-0.39, 0.29) is 0 Å². The summed E-state index contributed by atoms with van der Waals surface area (Å²) in [7, 11) is 0. The molecule has 1 aromatic heterocycles. The molecule has 3 N–H and O–H groups in total. The third kappa shape index (κ3) is 4.08. The van der Waals surface area contributed by atoms with Crippen LogP contribution in [0.5, 0.6) is 0 Å². The highest BCUT2D eigenvalue weighted by Crippen LogP contribution is 2.27. The van der Waals surface area contributed by atoms with Gasteiger partial charge in [-0.3, -0.25) is 5.10 Å². The first-order valence-corrected chi connectivity index (χ1v) is 7.36. The van der Waals surface area contributed by atoms with Crippen molar-refractivity contribution in [2.24, 2.45) is 16.6 Å². The van der Waals surface area contributed by atoms with E-state index in [1.165, 1.54) is 32.1 Å². The average Bonchev–Trinajstić information content (AvgIpc) is 2.85. The summed E-state index contributed by atoms with van der Waals surface area (Å²) in [6.45, 7) is 4.04. The first kappa shape index (κ1) is 14.6. The van der Waals surface area contributed by atoms with Gasteiger partial charge in [0.15, 0.2) is 5.82 Å². The zero-order valence-corrected chi connectivity index (χ0v) is 12.4. The van der Waals surface area contributed by atoms with E-state index in [1.807, 2.05) is 19.1 Å². The highest BCUT2D eigenvalue weighted by atomic mass is 15.2. The zero-order chi connectivity index (χ0) is 14.4. The predicted octanol–water partition coefficient (Wildman–Crippen LogP) is 3.79. The van der Waals surface area contributed by atoms with Gasteiger partial charge in [-0.1, -0.05) is 19.3 Å². The fourth-order valence-electron chi connectivity index (χ4n) is 2.67. The molecule has 4 nitrogen and oxygen atoms in total. The number of aliphatic imine (C=N–C) groups is 1. The number of hydrogen-bond acceptors (Lipinski definition) is 3. The summed E-state index contributed by atoms with van der Waals surface area (Å²) in [6, 6.07) is 1.98. The molecule has 0 spiro atoms. The van der Waals surface area contributed by atoms with Crippen molar-refractivity contribution in [3.05, 3.63) is 35.7 Å². The van der Waals surface area contributed by atoms with Crippen molar-refractivity contribution in [1.82, 2.24) is 10.2 Å². The predicted molar refractivity (Wildman–Crippen MR) is 84.1 cm³/mol. The third-order valence-corrected chi connectivity index (χ3v) is 3.69. The van der Waals surface area contributed by atoms with Crippen molar-refractivity contribution in [3.63, 3.8) is 0 Å². The molecule has 1 aliphatic carbocycles. The minimum absolute atomic E-state index is 0.543. The van der Waals surface area contributed by atoms with Gasteiger partial charge in [-0.15, -0.1) is 0 Å². The van der Waals surface area contributed by atoms with Crippen LogP contribution in [0.25, 0.3) is 0 Å². The summed E-state index contributed by atoms with van der Waals surface area (Å²) >= 11 is 0. The second-order valence-corrected chi connectivity index (χ2v) is 5.53. The van der Waals surface area contributed by atoms with Crippen LogP contribution < -0.4 is 5.73 Å². The molecular weight excluding hydrogens is 248 g/mol. The Hall–Kier alpha value is -1.84. The minimum atomic E-state index is 0.543. The minimum Gasteiger partial charge on any atom is -0.405 e. The molecule has 1 aliphatic rings. The number of aromatic nitrogens is 2. The van der Waals surface area contributed by atoms with Crippen LogP contribution in [0, 0.1) is 12.8 Å². The molecule has 4 heteroatoms. The SMILES string of the molecule is CC(=C/C(=Nc1cc(C)[nH]n1)C1CCCCC1)/C=C/N. The van der Waals surface area contributed by atoms with Crippen LogP contribution >= 0.6 is 0 Å². The molecule has 0 atom stereocenters. The number of hydrogen-bond donors (Lipinski definition) is 2. The third-order valence-electron chi connectivity index (χ3n) is 3.69.